The van der Waals surface area contributed by atoms with Crippen LogP contribution in [0.3, 0.4) is 0 Å². The number of aliphatic hydroxyl groups is 12. The number of ether oxygens (including phenoxy) is 4. The monoisotopic (exact) mass is 2090 g/mol. The Kier molecular flexibility index (Phi) is 27.1. The van der Waals surface area contributed by atoms with E-state index in [-0.39, 0.29) is 200 Å². The van der Waals surface area contributed by atoms with E-state index in [2.05, 4.69) is 102 Å². The number of nitrogens with one attached hydrogen (secondary N) is 4. The molecule has 0 unspecified atom stereocenters. The molecule has 12 aromatic rings. The first-order valence-electron chi connectivity index (χ1n) is 56.7. The fourth-order valence-corrected chi connectivity index (χ4v) is 19.8. The topological polar surface area (TPSA) is 554 Å². The maximum atomic E-state index is 14.2. The number of aryl methyl sites for hydroxylation is 4. The third-order valence-electron chi connectivity index (χ3n) is 25.7. The number of rotatable bonds is 40. The molecule has 20 rings (SSSR count). The van der Waals surface area contributed by atoms with Crippen LogP contribution in [-0.4, -0.2) is 334 Å². The van der Waals surface area contributed by atoms with E-state index in [1.165, 1.54) is 38.3 Å². The van der Waals surface area contributed by atoms with Gasteiger partial charge in [0.05, 0.1) is 118 Å². The fraction of sp³-hybridized carbons (Fsp3) is 0.583. The molecule has 0 aliphatic heterocycles. The number of anilines is 4. The van der Waals surface area contributed by atoms with Crippen molar-refractivity contribution in [1.29, 1.82) is 0 Å². The van der Waals surface area contributed by atoms with Crippen molar-refractivity contribution < 1.29 is 125 Å². The third-order valence-corrected chi connectivity index (χ3v) is 28.9. The summed E-state index contributed by atoms with van der Waals surface area (Å²) in [5.41, 5.74) is -1.25. The van der Waals surface area contributed by atoms with E-state index in [0.717, 1.165) is 51.7 Å². The molecule has 8 aliphatic carbocycles. The maximum Gasteiger partial charge on any atom is 0.191 e. The molecule has 8 saturated carbocycles. The SMILES string of the molecule is [2H]C([2H])(CC)Sc1nc(N[C@]2([2H])C[C@H]2c2ccc(C)c(F)c2)c2nnn([C@@H]3C[C@H](OC([2H])([2H])C([2H])([2H])O)[C@@H](O)[C@H]3O)c2n1.[2H]C([2H])(CC)Sc1nc(N[C@]2([2H])C[C@H]2c2ccc(C)c(F)c2)c2nnn([C@@H]3C[C@H](OCCO)[C@@H](O)[C@H]3O)c2n1.[2H]C([2H])(CO)O[C@H]1C[C@@H](n2nnc3c(N[C@]4([2H])C[C@H]4c4ccc(C)c(F)c4)nc(SC([2H])([2H])CC)nc32)[C@H](O)[C@@H]1O.[2H]C([2H])(O)CO[C@H]1C[C@@H](n2nnc3c(N[C@]4([2H])C[C@H]4c4ccc(C)c(F)c4)nc(SC([2H])([2H])CC)nc32)[C@H](O)[C@@H]1O. The number of fused-ring (bicyclic) bond motifs is 4. The van der Waals surface area contributed by atoms with E-state index in [1.807, 2.05) is 0 Å². The van der Waals surface area contributed by atoms with Gasteiger partial charge in [0.1, 0.15) is 72.1 Å². The molecule has 776 valence electrons. The largest absolute Gasteiger partial charge is 0.394 e. The minimum Gasteiger partial charge on any atom is -0.394 e. The van der Waals surface area contributed by atoms with Crippen LogP contribution in [0.15, 0.2) is 93.4 Å². The van der Waals surface area contributed by atoms with Crippen LogP contribution in [0.1, 0.15) is 225 Å². The lowest BCUT2D eigenvalue weighted by molar-refractivity contribution is -0.0629. The zero-order valence-corrected chi connectivity index (χ0v) is 82.1. The number of nitrogens with zero attached hydrogens (tertiary/aromatic N) is 20. The molecule has 0 radical (unpaired) electrons. The molecule has 16 N–H and O–H groups in total. The number of aromatic nitrogens is 20. The second-order valence-electron chi connectivity index (χ2n) is 35.4. The van der Waals surface area contributed by atoms with Gasteiger partial charge in [-0.05, 0) is 148 Å². The molecule has 48 heteroatoms. The van der Waals surface area contributed by atoms with Crippen LogP contribution < -0.4 is 21.3 Å². The fourth-order valence-electron chi connectivity index (χ4n) is 17.6. The van der Waals surface area contributed by atoms with E-state index in [1.54, 1.807) is 104 Å². The van der Waals surface area contributed by atoms with Gasteiger partial charge in [-0.25, -0.2) is 76.2 Å². The highest BCUT2D eigenvalue weighted by molar-refractivity contribution is 7.99. The zero-order valence-electron chi connectivity index (χ0n) is 98.9. The molecule has 24 atom stereocenters. The average Bonchev–Trinajstić information content (AvgIpc) is 1.58. The summed E-state index contributed by atoms with van der Waals surface area (Å²) in [7, 11) is 0. The molecular formula is C96H124F4N24O16S4. The summed E-state index contributed by atoms with van der Waals surface area (Å²) >= 11 is 3.08. The Bertz CT molecular complexity index is 7510. The first kappa shape index (κ1) is 82.4. The lowest BCUT2D eigenvalue weighted by atomic mass is 10.1. The molecule has 8 fully saturated rings. The highest BCUT2D eigenvalue weighted by Crippen LogP contribution is 2.50. The highest BCUT2D eigenvalue weighted by Gasteiger charge is 2.51. The first-order chi connectivity index (χ1) is 76.6. The van der Waals surface area contributed by atoms with Crippen molar-refractivity contribution in [3.63, 3.8) is 0 Å². The van der Waals surface area contributed by atoms with Gasteiger partial charge >= 0.3 is 0 Å². The molecule has 0 bridgehead atoms. The summed E-state index contributed by atoms with van der Waals surface area (Å²) in [6, 6.07) is 10.7. The highest BCUT2D eigenvalue weighted by atomic mass is 32.2. The van der Waals surface area contributed by atoms with E-state index >= 15 is 0 Å². The number of thioether (sulfide) groups is 4. The molecule has 144 heavy (non-hydrogen) atoms. The number of benzene rings is 4. The smallest absolute Gasteiger partial charge is 0.191 e. The van der Waals surface area contributed by atoms with Crippen LogP contribution in [-0.2, 0) is 18.9 Å². The molecule has 8 aromatic heterocycles. The van der Waals surface area contributed by atoms with Crippen LogP contribution in [0.4, 0.5) is 40.8 Å². The number of halogens is 4. The quantitative estimate of drug-likeness (QED) is 0.00969. The van der Waals surface area contributed by atoms with Crippen LogP contribution in [0.2, 0.25) is 0 Å². The summed E-state index contributed by atoms with van der Waals surface area (Å²) in [6.07, 6.45) is -14.0. The lowest BCUT2D eigenvalue weighted by Crippen LogP contribution is -2.33. The standard InChI is InChI=1S/4C24H31FN6O4S/c4*1-3-8-36-24-27-22(26-16-10-14(16)13-5-4-12(2)15(25)9-13)19-23(28-24)31(30-29-19)17-11-18(35-7-6-32)21(34)20(17)33/h4*4-5,9,14,16-18,20-21,32-34H,3,6-8,10-11H2,1-2H3,(H,26,27,28)/t4*14-,16+,17+,18-,20-,21+/m0000/s1/i6D2,7D2,8D2,16D;7D2,8D2,16D;6D2,8D2,16D;8D2,16D. The molecule has 8 heterocycles. The van der Waals surface area contributed by atoms with Crippen LogP contribution >= 0.6 is 47.0 Å². The second kappa shape index (κ2) is 47.3. The predicted octanol–water partition coefficient (Wildman–Crippen LogP) is 8.73. The van der Waals surface area contributed by atoms with Gasteiger partial charge in [0.25, 0.3) is 0 Å². The molecule has 0 spiro atoms. The van der Waals surface area contributed by atoms with Crippen molar-refractivity contribution in [2.75, 3.05) is 96.8 Å². The van der Waals surface area contributed by atoms with Crippen molar-refractivity contribution in [3.8, 4) is 0 Å². The average molecular weight is 2090 g/mol. The summed E-state index contributed by atoms with van der Waals surface area (Å²) < 4.78 is 244. The van der Waals surface area contributed by atoms with Gasteiger partial charge in [0, 0.05) is 107 Å². The summed E-state index contributed by atoms with van der Waals surface area (Å²) in [4.78, 5) is 35.6. The summed E-state index contributed by atoms with van der Waals surface area (Å²) in [6.45, 7) is -0.241. The van der Waals surface area contributed by atoms with E-state index < -0.39 is 184 Å². The molecule has 0 amide bonds. The Morgan fingerprint density at radius 2 is 0.597 bits per heavy atom. The van der Waals surface area contributed by atoms with Gasteiger partial charge < -0.3 is 101 Å². The van der Waals surface area contributed by atoms with Crippen molar-refractivity contribution in [3.05, 3.63) is 141 Å². The van der Waals surface area contributed by atoms with E-state index in [0.29, 0.717) is 70.2 Å². The molecule has 0 saturated heterocycles. The Hall–Kier alpha value is -9.52. The van der Waals surface area contributed by atoms with Crippen molar-refractivity contribution in [2.24, 2.45) is 0 Å². The van der Waals surface area contributed by atoms with E-state index in [4.69, 9.17) is 51.5 Å². The van der Waals surface area contributed by atoms with Crippen LogP contribution in [0, 0.1) is 51.0 Å². The number of hydrogen-bond donors (Lipinski definition) is 16. The summed E-state index contributed by atoms with van der Waals surface area (Å²) in [5.74, 6) is -2.36. The van der Waals surface area contributed by atoms with Crippen molar-refractivity contribution >= 4 is 115 Å². The number of hydrogen-bond acceptors (Lipinski definition) is 40. The minimum atomic E-state index is -3.40. The van der Waals surface area contributed by atoms with Gasteiger partial charge in [-0.1, -0.05) is 144 Å². The number of aliphatic hydroxyl groups excluding tert-OH is 10. The molecule has 40 nitrogen and oxygen atoms in total. The van der Waals surface area contributed by atoms with Crippen LogP contribution in [0.5, 0.6) is 0 Å². The van der Waals surface area contributed by atoms with Crippen LogP contribution in [0.25, 0.3) is 44.7 Å². The Labute approximate surface area is 871 Å². The molecule has 8 aliphatic rings. The normalized spacial score (nSPS) is 32.5. The third kappa shape index (κ3) is 23.8. The maximum absolute atomic E-state index is 14.2. The second-order valence-corrected chi connectivity index (χ2v) is 38.8. The van der Waals surface area contributed by atoms with Gasteiger partial charge in [0.15, 0.2) is 88.6 Å². The van der Waals surface area contributed by atoms with Crippen molar-refractivity contribution in [2.45, 2.75) is 298 Å². The summed E-state index contributed by atoms with van der Waals surface area (Å²) in [5, 5.41) is 168. The Morgan fingerprint density at radius 1 is 0.340 bits per heavy atom. The first-order valence-corrected chi connectivity index (χ1v) is 50.0. The Morgan fingerprint density at radius 3 is 0.833 bits per heavy atom. The van der Waals surface area contributed by atoms with Gasteiger partial charge in [-0.3, -0.25) is 0 Å². The lowest BCUT2D eigenvalue weighted by Gasteiger charge is -2.17. The zero-order chi connectivity index (χ0) is 120. The van der Waals surface area contributed by atoms with Gasteiger partial charge in [-0.2, -0.15) is 0 Å². The van der Waals surface area contributed by atoms with E-state index in [9.17, 15) is 73.7 Å². The molecular weight excluding hydrogens is 1950 g/mol. The van der Waals surface area contributed by atoms with Gasteiger partial charge in [-0.15, -0.1) is 20.4 Å². The minimum absolute atomic E-state index is 0.0000297. The van der Waals surface area contributed by atoms with Crippen molar-refractivity contribution in [1.82, 2.24) is 99.8 Å². The molecule has 4 aromatic carbocycles. The predicted molar refractivity (Wildman–Crippen MR) is 530 cm³/mol. The van der Waals surface area contributed by atoms with Gasteiger partial charge in [0.2, 0.25) is 0 Å². The Balaban J connectivity index is 0.000000146.